The van der Waals surface area contributed by atoms with Gasteiger partial charge >= 0.3 is 0 Å². The average Bonchev–Trinajstić information content (AvgIpc) is 2.73. The van der Waals surface area contributed by atoms with Crippen LogP contribution in [-0.4, -0.2) is 28.9 Å². The number of nitrogens with one attached hydrogen (secondary N) is 1. The number of aromatic nitrogens is 1. The van der Waals surface area contributed by atoms with Crippen LogP contribution in [-0.2, 0) is 0 Å². The number of rotatable bonds is 1. The monoisotopic (exact) mass is 286 g/mol. The molecule has 1 aliphatic carbocycles. The van der Waals surface area contributed by atoms with E-state index in [0.29, 0.717) is 22.7 Å². The lowest BCUT2D eigenvalue weighted by atomic mass is 9.77. The van der Waals surface area contributed by atoms with Gasteiger partial charge in [0.25, 0.3) is 11.5 Å². The van der Waals surface area contributed by atoms with Crippen LogP contribution in [0.3, 0.4) is 0 Å². The Morgan fingerprint density at radius 3 is 2.57 bits per heavy atom. The van der Waals surface area contributed by atoms with Gasteiger partial charge in [0.15, 0.2) is 0 Å². The van der Waals surface area contributed by atoms with Gasteiger partial charge in [-0.05, 0) is 48.9 Å². The molecule has 1 aromatic carbocycles. The molecule has 4 nitrogen and oxygen atoms in total. The maximum atomic E-state index is 13.3. The third-order valence-electron chi connectivity index (χ3n) is 4.81. The SMILES string of the molecule is O=C(c1cc2cc(F)ccc2[nH]c1=O)N1C[C@H]2CC[C@H]2C1. The lowest BCUT2D eigenvalue weighted by Gasteiger charge is -2.27. The second-order valence-corrected chi connectivity index (χ2v) is 6.05. The summed E-state index contributed by atoms with van der Waals surface area (Å²) < 4.78 is 13.3. The van der Waals surface area contributed by atoms with Crippen LogP contribution < -0.4 is 5.56 Å². The van der Waals surface area contributed by atoms with Crippen molar-refractivity contribution in [2.75, 3.05) is 13.1 Å². The number of likely N-dealkylation sites (tertiary alicyclic amines) is 1. The smallest absolute Gasteiger partial charge is 0.261 e. The second kappa shape index (κ2) is 4.41. The van der Waals surface area contributed by atoms with Crippen LogP contribution in [0.2, 0.25) is 0 Å². The normalized spacial score (nSPS) is 24.0. The number of aromatic amines is 1. The molecule has 0 radical (unpaired) electrons. The van der Waals surface area contributed by atoms with E-state index >= 15 is 0 Å². The van der Waals surface area contributed by atoms with Gasteiger partial charge in [0, 0.05) is 24.0 Å². The van der Waals surface area contributed by atoms with E-state index in [9.17, 15) is 14.0 Å². The lowest BCUT2D eigenvalue weighted by Crippen LogP contribution is -2.33. The Morgan fingerprint density at radius 1 is 1.19 bits per heavy atom. The van der Waals surface area contributed by atoms with Crippen LogP contribution in [0.4, 0.5) is 4.39 Å². The summed E-state index contributed by atoms with van der Waals surface area (Å²) in [6, 6.07) is 5.63. The number of carbonyl (C=O) groups excluding carboxylic acids is 1. The minimum absolute atomic E-state index is 0.106. The highest BCUT2D eigenvalue weighted by atomic mass is 19.1. The summed E-state index contributed by atoms with van der Waals surface area (Å²) in [6.45, 7) is 1.48. The highest BCUT2D eigenvalue weighted by Gasteiger charge is 2.41. The molecule has 2 atom stereocenters. The number of nitrogens with zero attached hydrogens (tertiary/aromatic N) is 1. The van der Waals surface area contributed by atoms with Crippen LogP contribution in [0.25, 0.3) is 10.9 Å². The first-order chi connectivity index (χ1) is 10.1. The lowest BCUT2D eigenvalue weighted by molar-refractivity contribution is 0.0785. The number of carbonyl (C=O) groups is 1. The summed E-state index contributed by atoms with van der Waals surface area (Å²) in [5, 5.41) is 0.542. The number of halogens is 1. The van der Waals surface area contributed by atoms with Crippen LogP contribution in [0.15, 0.2) is 29.1 Å². The van der Waals surface area contributed by atoms with E-state index in [1.165, 1.54) is 37.1 Å². The van der Waals surface area contributed by atoms with Crippen LogP contribution in [0.5, 0.6) is 0 Å². The average molecular weight is 286 g/mol. The number of amides is 1. The van der Waals surface area contributed by atoms with Gasteiger partial charge in [-0.25, -0.2) is 4.39 Å². The highest BCUT2D eigenvalue weighted by molar-refractivity contribution is 5.97. The molecule has 108 valence electrons. The first-order valence-electron chi connectivity index (χ1n) is 7.24. The first kappa shape index (κ1) is 12.6. The van der Waals surface area contributed by atoms with Gasteiger partial charge in [0.05, 0.1) is 0 Å². The molecule has 0 bridgehead atoms. The van der Waals surface area contributed by atoms with Crippen molar-refractivity contribution < 1.29 is 9.18 Å². The predicted octanol–water partition coefficient (Wildman–Crippen LogP) is 2.15. The zero-order chi connectivity index (χ0) is 14.6. The van der Waals surface area contributed by atoms with Gasteiger partial charge in [0.1, 0.15) is 11.4 Å². The van der Waals surface area contributed by atoms with Crippen LogP contribution >= 0.6 is 0 Å². The minimum atomic E-state index is -0.404. The van der Waals surface area contributed by atoms with Crippen molar-refractivity contribution >= 4 is 16.8 Å². The van der Waals surface area contributed by atoms with Crippen molar-refractivity contribution in [3.63, 3.8) is 0 Å². The second-order valence-electron chi connectivity index (χ2n) is 6.05. The third kappa shape index (κ3) is 1.95. The van der Waals surface area contributed by atoms with E-state index in [2.05, 4.69) is 4.98 Å². The van der Waals surface area contributed by atoms with Crippen molar-refractivity contribution in [2.45, 2.75) is 12.8 Å². The zero-order valence-electron chi connectivity index (χ0n) is 11.4. The predicted molar refractivity (Wildman–Crippen MR) is 76.6 cm³/mol. The van der Waals surface area contributed by atoms with Crippen molar-refractivity contribution in [1.82, 2.24) is 9.88 Å². The maximum absolute atomic E-state index is 13.3. The van der Waals surface area contributed by atoms with E-state index in [-0.39, 0.29) is 17.3 Å². The molecule has 2 aromatic rings. The fraction of sp³-hybridized carbons (Fsp3) is 0.375. The Hall–Kier alpha value is -2.17. The van der Waals surface area contributed by atoms with Gasteiger partial charge < -0.3 is 9.88 Å². The number of benzene rings is 1. The van der Waals surface area contributed by atoms with Crippen LogP contribution in [0.1, 0.15) is 23.2 Å². The van der Waals surface area contributed by atoms with Gasteiger partial charge in [0.2, 0.25) is 0 Å². The standard InChI is InChI=1S/C16H15FN2O2/c17-12-3-4-14-11(5-12)6-13(15(20)18-14)16(21)19-7-9-1-2-10(9)8-19/h3-6,9-10H,1-2,7-8H2,(H,18,20)/t9-,10+. The van der Waals surface area contributed by atoms with E-state index < -0.39 is 5.56 Å². The molecule has 0 unspecified atom stereocenters. The number of fused-ring (bicyclic) bond motifs is 2. The summed E-state index contributed by atoms with van der Waals surface area (Å²) in [4.78, 5) is 29.0. The molecule has 0 spiro atoms. The molecule has 2 aliphatic rings. The molecule has 1 saturated heterocycles. The van der Waals surface area contributed by atoms with Crippen molar-refractivity contribution in [1.29, 1.82) is 0 Å². The summed E-state index contributed by atoms with van der Waals surface area (Å²) in [6.07, 6.45) is 2.35. The summed E-state index contributed by atoms with van der Waals surface area (Å²) in [5.41, 5.74) is 0.243. The Labute approximate surface area is 120 Å². The molecule has 2 fully saturated rings. The van der Waals surface area contributed by atoms with Gasteiger partial charge in [-0.2, -0.15) is 0 Å². The number of H-pyrrole nitrogens is 1. The topological polar surface area (TPSA) is 53.2 Å². The molecule has 2 heterocycles. The molecule has 1 aliphatic heterocycles. The highest BCUT2D eigenvalue weighted by Crippen LogP contribution is 2.40. The molecule has 4 rings (SSSR count). The quantitative estimate of drug-likeness (QED) is 0.873. The molecule has 1 N–H and O–H groups in total. The Balaban J connectivity index is 1.73. The fourth-order valence-corrected chi connectivity index (χ4v) is 3.43. The van der Waals surface area contributed by atoms with E-state index in [0.717, 1.165) is 13.1 Å². The number of pyridine rings is 1. The Kier molecular flexibility index (Phi) is 2.64. The third-order valence-corrected chi connectivity index (χ3v) is 4.81. The summed E-state index contributed by atoms with van der Waals surface area (Å²) in [5.74, 6) is 0.584. The molecule has 5 heteroatoms. The Morgan fingerprint density at radius 2 is 1.90 bits per heavy atom. The molecule has 1 saturated carbocycles. The fourth-order valence-electron chi connectivity index (χ4n) is 3.43. The minimum Gasteiger partial charge on any atom is -0.338 e. The maximum Gasteiger partial charge on any atom is 0.261 e. The van der Waals surface area contributed by atoms with E-state index in [4.69, 9.17) is 0 Å². The molecular weight excluding hydrogens is 271 g/mol. The van der Waals surface area contributed by atoms with Crippen molar-refractivity contribution in [3.05, 3.63) is 46.0 Å². The van der Waals surface area contributed by atoms with Gasteiger partial charge in [-0.1, -0.05) is 0 Å². The molecule has 1 amide bonds. The summed E-state index contributed by atoms with van der Waals surface area (Å²) in [7, 11) is 0. The van der Waals surface area contributed by atoms with E-state index in [1.54, 1.807) is 4.90 Å². The van der Waals surface area contributed by atoms with Crippen molar-refractivity contribution in [2.24, 2.45) is 11.8 Å². The van der Waals surface area contributed by atoms with Crippen molar-refractivity contribution in [3.8, 4) is 0 Å². The number of hydrogen-bond donors (Lipinski definition) is 1. The van der Waals surface area contributed by atoms with Crippen LogP contribution in [0, 0.1) is 17.7 Å². The first-order valence-corrected chi connectivity index (χ1v) is 7.24. The summed E-state index contributed by atoms with van der Waals surface area (Å²) >= 11 is 0. The van der Waals surface area contributed by atoms with Gasteiger partial charge in [-0.15, -0.1) is 0 Å². The van der Waals surface area contributed by atoms with E-state index in [1.807, 2.05) is 0 Å². The largest absolute Gasteiger partial charge is 0.338 e. The molecule has 1 aromatic heterocycles. The van der Waals surface area contributed by atoms with Gasteiger partial charge in [-0.3, -0.25) is 9.59 Å². The molecule has 21 heavy (non-hydrogen) atoms. The Bertz CT molecular complexity index is 786. The number of hydrogen-bond acceptors (Lipinski definition) is 2. The zero-order valence-corrected chi connectivity index (χ0v) is 11.4. The molecular formula is C16H15FN2O2.